The van der Waals surface area contributed by atoms with E-state index < -0.39 is 5.97 Å². The molecule has 1 aliphatic heterocycles. The van der Waals surface area contributed by atoms with Gasteiger partial charge < -0.3 is 9.47 Å². The summed E-state index contributed by atoms with van der Waals surface area (Å²) in [7, 11) is 0. The maximum atomic E-state index is 13.0. The first-order valence-corrected chi connectivity index (χ1v) is 7.72. The molecule has 23 heavy (non-hydrogen) atoms. The summed E-state index contributed by atoms with van der Waals surface area (Å²) in [6.45, 7) is 1.33. The Kier molecular flexibility index (Phi) is 3.18. The molecule has 0 bridgehead atoms. The lowest BCUT2D eigenvalue weighted by Crippen LogP contribution is -2.43. The second-order valence-corrected chi connectivity index (χ2v) is 6.03. The minimum absolute atomic E-state index is 0.00241. The van der Waals surface area contributed by atoms with Crippen molar-refractivity contribution in [2.75, 3.05) is 0 Å². The Morgan fingerprint density at radius 3 is 2.57 bits per heavy atom. The summed E-state index contributed by atoms with van der Waals surface area (Å²) in [6, 6.07) is 13.3. The molecule has 2 aliphatic rings. The number of Topliss-reactive ketones (excluding diaryl/α,β-unsaturated/α-hetero) is 1. The Balaban J connectivity index is 1.75. The van der Waals surface area contributed by atoms with Crippen LogP contribution >= 0.6 is 0 Å². The minimum atomic E-state index is -0.442. The highest BCUT2D eigenvalue weighted by Gasteiger charge is 2.41. The van der Waals surface area contributed by atoms with Gasteiger partial charge in [0.15, 0.2) is 5.78 Å². The average Bonchev–Trinajstić information content (AvgIpc) is 2.53. The second kappa shape index (κ2) is 5.23. The third kappa shape index (κ3) is 2.31. The number of rotatable bonds is 1. The fraction of sp³-hybridized carbons (Fsp3) is 0.263. The highest BCUT2D eigenvalue weighted by atomic mass is 16.5. The van der Waals surface area contributed by atoms with Crippen molar-refractivity contribution in [1.29, 1.82) is 0 Å². The van der Waals surface area contributed by atoms with Gasteiger partial charge >= 0.3 is 5.97 Å². The SMILES string of the molecule is CC(=O)Oc1cccc2c1C(=O)[C@H]1Cc3ccccc3C[C@H]1O2. The summed E-state index contributed by atoms with van der Waals surface area (Å²) in [4.78, 5) is 24.3. The van der Waals surface area contributed by atoms with Crippen LogP contribution in [0.2, 0.25) is 0 Å². The Morgan fingerprint density at radius 1 is 1.09 bits per heavy atom. The van der Waals surface area contributed by atoms with Gasteiger partial charge in [-0.2, -0.15) is 0 Å². The van der Waals surface area contributed by atoms with Gasteiger partial charge in [0.1, 0.15) is 23.2 Å². The Labute approximate surface area is 134 Å². The summed E-state index contributed by atoms with van der Waals surface area (Å²) in [5, 5.41) is 0. The molecule has 0 radical (unpaired) electrons. The van der Waals surface area contributed by atoms with E-state index in [1.54, 1.807) is 18.2 Å². The topological polar surface area (TPSA) is 52.6 Å². The highest BCUT2D eigenvalue weighted by molar-refractivity contribution is 6.04. The van der Waals surface area contributed by atoms with Crippen LogP contribution in [0.25, 0.3) is 0 Å². The number of hydrogen-bond acceptors (Lipinski definition) is 4. The van der Waals surface area contributed by atoms with Crippen molar-refractivity contribution in [2.24, 2.45) is 5.92 Å². The van der Waals surface area contributed by atoms with Crippen LogP contribution in [0.3, 0.4) is 0 Å². The number of ether oxygens (including phenoxy) is 2. The molecule has 1 aliphatic carbocycles. The molecule has 4 heteroatoms. The molecule has 2 atom stereocenters. The molecule has 0 saturated heterocycles. The van der Waals surface area contributed by atoms with Crippen LogP contribution < -0.4 is 9.47 Å². The van der Waals surface area contributed by atoms with Crippen molar-refractivity contribution in [2.45, 2.75) is 25.9 Å². The molecule has 2 aromatic rings. The van der Waals surface area contributed by atoms with E-state index in [-0.39, 0.29) is 23.6 Å². The number of benzene rings is 2. The van der Waals surface area contributed by atoms with E-state index in [1.807, 2.05) is 12.1 Å². The van der Waals surface area contributed by atoms with E-state index in [9.17, 15) is 9.59 Å². The molecule has 0 N–H and O–H groups in total. The van der Waals surface area contributed by atoms with Gasteiger partial charge in [0.2, 0.25) is 0 Å². The Bertz CT molecular complexity index is 809. The van der Waals surface area contributed by atoms with E-state index in [0.717, 1.165) is 6.42 Å². The zero-order chi connectivity index (χ0) is 16.0. The molecule has 0 fully saturated rings. The van der Waals surface area contributed by atoms with Crippen LogP contribution in [0.4, 0.5) is 0 Å². The van der Waals surface area contributed by atoms with Crippen LogP contribution in [0.5, 0.6) is 11.5 Å². The lowest BCUT2D eigenvalue weighted by molar-refractivity contribution is -0.131. The van der Waals surface area contributed by atoms with Crippen molar-refractivity contribution in [3.8, 4) is 11.5 Å². The smallest absolute Gasteiger partial charge is 0.308 e. The van der Waals surface area contributed by atoms with Crippen LogP contribution in [-0.4, -0.2) is 17.9 Å². The average molecular weight is 308 g/mol. The quantitative estimate of drug-likeness (QED) is 0.600. The predicted molar refractivity (Wildman–Crippen MR) is 83.8 cm³/mol. The predicted octanol–water partition coefficient (Wildman–Crippen LogP) is 2.97. The van der Waals surface area contributed by atoms with Crippen LogP contribution in [-0.2, 0) is 17.6 Å². The molecule has 0 aromatic heterocycles. The molecular formula is C19H16O4. The van der Waals surface area contributed by atoms with Crippen molar-refractivity contribution >= 4 is 11.8 Å². The van der Waals surface area contributed by atoms with Gasteiger partial charge in [-0.05, 0) is 29.7 Å². The first-order valence-electron chi connectivity index (χ1n) is 7.72. The van der Waals surface area contributed by atoms with E-state index in [2.05, 4.69) is 12.1 Å². The summed E-state index contributed by atoms with van der Waals surface area (Å²) >= 11 is 0. The fourth-order valence-electron chi connectivity index (χ4n) is 3.51. The molecule has 0 unspecified atom stereocenters. The monoisotopic (exact) mass is 308 g/mol. The van der Waals surface area contributed by atoms with Crippen LogP contribution in [0.15, 0.2) is 42.5 Å². The maximum absolute atomic E-state index is 13.0. The molecule has 1 heterocycles. The van der Waals surface area contributed by atoms with Crippen molar-refractivity contribution < 1.29 is 19.1 Å². The molecule has 4 rings (SSSR count). The van der Waals surface area contributed by atoms with Crippen molar-refractivity contribution in [3.05, 3.63) is 59.2 Å². The molecule has 116 valence electrons. The number of ketones is 1. The largest absolute Gasteiger partial charge is 0.488 e. The van der Waals surface area contributed by atoms with Crippen LogP contribution in [0, 0.1) is 5.92 Å². The summed E-state index contributed by atoms with van der Waals surface area (Å²) in [6.07, 6.45) is 1.23. The standard InChI is InChI=1S/C19H16O4/c1-11(20)22-15-7-4-8-16-18(15)19(21)14-9-12-5-2-3-6-13(12)10-17(14)23-16/h2-8,14,17H,9-10H2,1H3/t14-,17+/m0/s1. The van der Waals surface area contributed by atoms with Gasteiger partial charge in [-0.15, -0.1) is 0 Å². The Hall–Kier alpha value is -2.62. The van der Waals surface area contributed by atoms with Crippen molar-refractivity contribution in [3.63, 3.8) is 0 Å². The zero-order valence-electron chi connectivity index (χ0n) is 12.7. The molecule has 0 amide bonds. The molecule has 0 spiro atoms. The van der Waals surface area contributed by atoms with Gasteiger partial charge in [-0.1, -0.05) is 30.3 Å². The number of carbonyl (C=O) groups is 2. The normalized spacial score (nSPS) is 21.5. The van der Waals surface area contributed by atoms with E-state index >= 15 is 0 Å². The number of esters is 1. The molecule has 4 nitrogen and oxygen atoms in total. The van der Waals surface area contributed by atoms with Gasteiger partial charge in [-0.25, -0.2) is 0 Å². The first-order chi connectivity index (χ1) is 11.1. The van der Waals surface area contributed by atoms with Gasteiger partial charge in [0.05, 0.1) is 5.92 Å². The third-order valence-corrected chi connectivity index (χ3v) is 4.53. The van der Waals surface area contributed by atoms with E-state index in [4.69, 9.17) is 9.47 Å². The number of hydrogen-bond donors (Lipinski definition) is 0. The fourth-order valence-corrected chi connectivity index (χ4v) is 3.51. The lowest BCUT2D eigenvalue weighted by atomic mass is 9.76. The lowest BCUT2D eigenvalue weighted by Gasteiger charge is -2.37. The summed E-state index contributed by atoms with van der Waals surface area (Å²) in [5.74, 6) is 0.130. The van der Waals surface area contributed by atoms with E-state index in [0.29, 0.717) is 17.7 Å². The first kappa shape index (κ1) is 14.0. The van der Waals surface area contributed by atoms with E-state index in [1.165, 1.54) is 18.1 Å². The van der Waals surface area contributed by atoms with Gasteiger partial charge in [0.25, 0.3) is 0 Å². The number of carbonyl (C=O) groups excluding carboxylic acids is 2. The third-order valence-electron chi connectivity index (χ3n) is 4.53. The molecule has 0 saturated carbocycles. The summed E-state index contributed by atoms with van der Waals surface area (Å²) < 4.78 is 11.3. The highest BCUT2D eigenvalue weighted by Crippen LogP contribution is 2.41. The minimum Gasteiger partial charge on any atom is -0.488 e. The summed E-state index contributed by atoms with van der Waals surface area (Å²) in [5.41, 5.74) is 2.82. The molecule has 2 aromatic carbocycles. The van der Waals surface area contributed by atoms with Gasteiger partial charge in [-0.3, -0.25) is 9.59 Å². The maximum Gasteiger partial charge on any atom is 0.308 e. The molecular weight excluding hydrogens is 292 g/mol. The van der Waals surface area contributed by atoms with Crippen molar-refractivity contribution in [1.82, 2.24) is 0 Å². The zero-order valence-corrected chi connectivity index (χ0v) is 12.7. The Morgan fingerprint density at radius 2 is 1.83 bits per heavy atom. The second-order valence-electron chi connectivity index (χ2n) is 6.03. The van der Waals surface area contributed by atoms with Gasteiger partial charge in [0, 0.05) is 13.3 Å². The van der Waals surface area contributed by atoms with Crippen LogP contribution in [0.1, 0.15) is 28.4 Å². The number of fused-ring (bicyclic) bond motifs is 3.